The molecule has 0 N–H and O–H groups in total. The first-order chi connectivity index (χ1) is 8.66. The molecule has 0 fully saturated rings. The Labute approximate surface area is 115 Å². The molecule has 3 nitrogen and oxygen atoms in total. The van der Waals surface area contributed by atoms with Crippen LogP contribution in [0.5, 0.6) is 5.75 Å². The van der Waals surface area contributed by atoms with Gasteiger partial charge in [-0.2, -0.15) is 0 Å². The minimum Gasteiger partial charge on any atom is -0.492 e. The first-order valence-electron chi connectivity index (χ1n) is 6.48. The third-order valence-electron chi connectivity index (χ3n) is 3.06. The van der Waals surface area contributed by atoms with Crippen molar-refractivity contribution in [3.8, 4) is 5.75 Å². The Kier molecular flexibility index (Phi) is 4.61. The standard InChI is InChI=1S/C16H24O3/c1-15(2,3)12-7-9-13(10-8-12)19-11-16(4,5)14(17)18-6/h7-10H,11H2,1-6H3. The maximum absolute atomic E-state index is 11.5. The molecule has 0 aromatic heterocycles. The number of rotatable bonds is 4. The van der Waals surface area contributed by atoms with Gasteiger partial charge < -0.3 is 9.47 Å². The fraction of sp³-hybridized carbons (Fsp3) is 0.562. The predicted octanol–water partition coefficient (Wildman–Crippen LogP) is 3.56. The molecule has 1 aromatic rings. The molecule has 3 heteroatoms. The van der Waals surface area contributed by atoms with Gasteiger partial charge in [0.2, 0.25) is 0 Å². The molecule has 106 valence electrons. The number of carbonyl (C=O) groups excluding carboxylic acids is 1. The zero-order chi connectivity index (χ0) is 14.7. The van der Waals surface area contributed by atoms with Crippen LogP contribution in [0.3, 0.4) is 0 Å². The normalized spacial score (nSPS) is 12.1. The van der Waals surface area contributed by atoms with Crippen molar-refractivity contribution in [3.05, 3.63) is 29.8 Å². The molecular formula is C16H24O3. The van der Waals surface area contributed by atoms with Crippen LogP contribution in [-0.4, -0.2) is 19.7 Å². The summed E-state index contributed by atoms with van der Waals surface area (Å²) < 4.78 is 10.4. The van der Waals surface area contributed by atoms with Gasteiger partial charge >= 0.3 is 5.97 Å². The fourth-order valence-electron chi connectivity index (χ4n) is 1.65. The average Bonchev–Trinajstić information content (AvgIpc) is 2.35. The van der Waals surface area contributed by atoms with Gasteiger partial charge in [0.1, 0.15) is 12.4 Å². The van der Waals surface area contributed by atoms with E-state index in [0.29, 0.717) is 6.61 Å². The van der Waals surface area contributed by atoms with Crippen molar-refractivity contribution in [1.82, 2.24) is 0 Å². The van der Waals surface area contributed by atoms with Gasteiger partial charge in [-0.05, 0) is 37.0 Å². The second kappa shape index (κ2) is 5.64. The Bertz CT molecular complexity index is 424. The molecule has 0 atom stereocenters. The van der Waals surface area contributed by atoms with Crippen molar-refractivity contribution in [2.24, 2.45) is 5.41 Å². The molecule has 0 heterocycles. The van der Waals surface area contributed by atoms with E-state index in [2.05, 4.69) is 32.9 Å². The van der Waals surface area contributed by atoms with Gasteiger partial charge in [0, 0.05) is 0 Å². The maximum Gasteiger partial charge on any atom is 0.314 e. The molecule has 1 aromatic carbocycles. The minimum absolute atomic E-state index is 0.129. The van der Waals surface area contributed by atoms with Crippen molar-refractivity contribution < 1.29 is 14.3 Å². The molecule has 0 aliphatic carbocycles. The monoisotopic (exact) mass is 264 g/mol. The zero-order valence-corrected chi connectivity index (χ0v) is 12.7. The van der Waals surface area contributed by atoms with Gasteiger partial charge in [-0.3, -0.25) is 4.79 Å². The van der Waals surface area contributed by atoms with Crippen LogP contribution in [-0.2, 0) is 14.9 Å². The number of esters is 1. The summed E-state index contributed by atoms with van der Waals surface area (Å²) in [7, 11) is 1.39. The van der Waals surface area contributed by atoms with Crippen LogP contribution in [0, 0.1) is 5.41 Å². The van der Waals surface area contributed by atoms with Crippen molar-refractivity contribution >= 4 is 5.97 Å². The maximum atomic E-state index is 11.5. The Balaban J connectivity index is 2.67. The summed E-state index contributed by atoms with van der Waals surface area (Å²) in [4.78, 5) is 11.5. The first kappa shape index (κ1) is 15.5. The Morgan fingerprint density at radius 1 is 1.05 bits per heavy atom. The lowest BCUT2D eigenvalue weighted by Gasteiger charge is -2.22. The summed E-state index contributed by atoms with van der Waals surface area (Å²) in [6.07, 6.45) is 0. The molecular weight excluding hydrogens is 240 g/mol. The predicted molar refractivity (Wildman–Crippen MR) is 76.4 cm³/mol. The Morgan fingerprint density at radius 3 is 2.00 bits per heavy atom. The van der Waals surface area contributed by atoms with E-state index < -0.39 is 5.41 Å². The third-order valence-corrected chi connectivity index (χ3v) is 3.06. The minimum atomic E-state index is -0.641. The molecule has 1 rings (SSSR count). The first-order valence-corrected chi connectivity index (χ1v) is 6.48. The largest absolute Gasteiger partial charge is 0.492 e. The lowest BCUT2D eigenvalue weighted by atomic mass is 9.87. The molecule has 0 saturated carbocycles. The van der Waals surface area contributed by atoms with Crippen LogP contribution in [0.15, 0.2) is 24.3 Å². The van der Waals surface area contributed by atoms with E-state index in [0.717, 1.165) is 5.75 Å². The highest BCUT2D eigenvalue weighted by Gasteiger charge is 2.29. The van der Waals surface area contributed by atoms with Crippen molar-refractivity contribution in [3.63, 3.8) is 0 Å². The van der Waals surface area contributed by atoms with Crippen molar-refractivity contribution in [2.75, 3.05) is 13.7 Å². The smallest absolute Gasteiger partial charge is 0.314 e. The molecule has 0 bridgehead atoms. The molecule has 0 radical (unpaired) electrons. The van der Waals surface area contributed by atoms with Gasteiger partial charge in [0.15, 0.2) is 0 Å². The highest BCUT2D eigenvalue weighted by molar-refractivity contribution is 5.75. The molecule has 0 saturated heterocycles. The van der Waals surface area contributed by atoms with Gasteiger partial charge in [0.25, 0.3) is 0 Å². The summed E-state index contributed by atoms with van der Waals surface area (Å²) in [6.45, 7) is 10.4. The highest BCUT2D eigenvalue weighted by atomic mass is 16.5. The summed E-state index contributed by atoms with van der Waals surface area (Å²) in [6, 6.07) is 7.99. The van der Waals surface area contributed by atoms with Gasteiger partial charge in [-0.25, -0.2) is 0 Å². The van der Waals surface area contributed by atoms with Crippen molar-refractivity contribution in [2.45, 2.75) is 40.0 Å². The van der Waals surface area contributed by atoms with Gasteiger partial charge in [-0.15, -0.1) is 0 Å². The molecule has 0 amide bonds. The third kappa shape index (κ3) is 4.27. The molecule has 19 heavy (non-hydrogen) atoms. The van der Waals surface area contributed by atoms with Crippen LogP contribution in [0.25, 0.3) is 0 Å². The summed E-state index contributed by atoms with van der Waals surface area (Å²) >= 11 is 0. The summed E-state index contributed by atoms with van der Waals surface area (Å²) in [5.74, 6) is 0.504. The van der Waals surface area contributed by atoms with E-state index >= 15 is 0 Å². The van der Waals surface area contributed by atoms with E-state index in [9.17, 15) is 4.79 Å². The van der Waals surface area contributed by atoms with E-state index in [1.54, 1.807) is 0 Å². The Hall–Kier alpha value is -1.51. The van der Waals surface area contributed by atoms with E-state index in [-0.39, 0.29) is 11.4 Å². The lowest BCUT2D eigenvalue weighted by molar-refractivity contribution is -0.152. The topological polar surface area (TPSA) is 35.5 Å². The number of carbonyl (C=O) groups is 1. The fourth-order valence-corrected chi connectivity index (χ4v) is 1.65. The average molecular weight is 264 g/mol. The zero-order valence-electron chi connectivity index (χ0n) is 12.7. The van der Waals surface area contributed by atoms with E-state index in [4.69, 9.17) is 9.47 Å². The van der Waals surface area contributed by atoms with Crippen LogP contribution in [0.1, 0.15) is 40.2 Å². The van der Waals surface area contributed by atoms with E-state index in [1.807, 2.05) is 26.0 Å². The summed E-state index contributed by atoms with van der Waals surface area (Å²) in [5, 5.41) is 0. The number of hydrogen-bond acceptors (Lipinski definition) is 3. The van der Waals surface area contributed by atoms with Crippen molar-refractivity contribution in [1.29, 1.82) is 0 Å². The quantitative estimate of drug-likeness (QED) is 0.780. The number of benzene rings is 1. The van der Waals surface area contributed by atoms with Gasteiger partial charge in [0.05, 0.1) is 12.5 Å². The van der Waals surface area contributed by atoms with Crippen LogP contribution >= 0.6 is 0 Å². The molecule has 0 aliphatic heterocycles. The lowest BCUT2D eigenvalue weighted by Crippen LogP contribution is -2.32. The highest BCUT2D eigenvalue weighted by Crippen LogP contribution is 2.25. The number of hydrogen-bond donors (Lipinski definition) is 0. The second-order valence-electron chi connectivity index (χ2n) is 6.44. The van der Waals surface area contributed by atoms with Crippen LogP contribution in [0.2, 0.25) is 0 Å². The SMILES string of the molecule is COC(=O)C(C)(C)COc1ccc(C(C)(C)C)cc1. The number of methoxy groups -OCH3 is 1. The van der Waals surface area contributed by atoms with E-state index in [1.165, 1.54) is 12.7 Å². The number of ether oxygens (including phenoxy) is 2. The molecule has 0 unspecified atom stereocenters. The molecule has 0 aliphatic rings. The molecule has 0 spiro atoms. The summed E-state index contributed by atoms with van der Waals surface area (Å²) in [5.41, 5.74) is 0.744. The van der Waals surface area contributed by atoms with Crippen LogP contribution < -0.4 is 4.74 Å². The second-order valence-corrected chi connectivity index (χ2v) is 6.44. The van der Waals surface area contributed by atoms with Crippen LogP contribution in [0.4, 0.5) is 0 Å². The Morgan fingerprint density at radius 2 is 1.58 bits per heavy atom. The van der Waals surface area contributed by atoms with Gasteiger partial charge in [-0.1, -0.05) is 32.9 Å².